The molecule has 5 nitrogen and oxygen atoms in total. The first-order valence-corrected chi connectivity index (χ1v) is 4.84. The van der Waals surface area contributed by atoms with Crippen molar-refractivity contribution in [1.29, 1.82) is 0 Å². The predicted molar refractivity (Wildman–Crippen MR) is 53.8 cm³/mol. The molecule has 1 rings (SSSR count). The minimum absolute atomic E-state index is 0.128. The second kappa shape index (κ2) is 5.07. The Morgan fingerprint density at radius 3 is 2.79 bits per heavy atom. The van der Waals surface area contributed by atoms with Crippen molar-refractivity contribution in [2.45, 2.75) is 26.4 Å². The minimum Gasteiger partial charge on any atom is -0.338 e. The van der Waals surface area contributed by atoms with E-state index in [1.54, 1.807) is 0 Å². The van der Waals surface area contributed by atoms with Crippen LogP contribution in [0.1, 0.15) is 31.6 Å². The van der Waals surface area contributed by atoms with Gasteiger partial charge in [-0.2, -0.15) is 4.98 Å². The number of hydrogen-bond acceptors (Lipinski definition) is 5. The number of hydrogen-bond donors (Lipinski definition) is 1. The van der Waals surface area contributed by atoms with Gasteiger partial charge in [0.25, 0.3) is 0 Å². The molecule has 0 spiro atoms. The third kappa shape index (κ3) is 3.08. The number of nitrogens with one attached hydrogen (secondary N) is 1. The highest BCUT2D eigenvalue weighted by molar-refractivity contribution is 4.90. The van der Waals surface area contributed by atoms with Crippen LogP contribution in [-0.4, -0.2) is 35.7 Å². The molecule has 1 aromatic rings. The third-order valence-corrected chi connectivity index (χ3v) is 1.82. The number of rotatable bonds is 5. The van der Waals surface area contributed by atoms with Gasteiger partial charge in [0.2, 0.25) is 5.89 Å². The molecule has 0 radical (unpaired) electrons. The van der Waals surface area contributed by atoms with Crippen LogP contribution in [0, 0.1) is 0 Å². The minimum atomic E-state index is 0.128. The number of nitrogens with zero attached hydrogens (tertiary/aromatic N) is 3. The van der Waals surface area contributed by atoms with E-state index in [1.807, 2.05) is 32.8 Å². The molecule has 0 aliphatic rings. The van der Waals surface area contributed by atoms with Crippen molar-refractivity contribution in [3.63, 3.8) is 0 Å². The first-order chi connectivity index (χ1) is 6.63. The zero-order valence-electron chi connectivity index (χ0n) is 9.24. The Bertz CT molecular complexity index is 272. The van der Waals surface area contributed by atoms with Crippen LogP contribution in [0.3, 0.4) is 0 Å². The summed E-state index contributed by atoms with van der Waals surface area (Å²) < 4.78 is 5.13. The molecular weight excluding hydrogens is 180 g/mol. The van der Waals surface area contributed by atoms with E-state index in [-0.39, 0.29) is 6.04 Å². The highest BCUT2D eigenvalue weighted by Gasteiger charge is 2.12. The Morgan fingerprint density at radius 2 is 2.21 bits per heavy atom. The van der Waals surface area contributed by atoms with E-state index in [2.05, 4.69) is 15.5 Å². The largest absolute Gasteiger partial charge is 0.338 e. The van der Waals surface area contributed by atoms with Crippen molar-refractivity contribution in [1.82, 2.24) is 20.4 Å². The van der Waals surface area contributed by atoms with Crippen LogP contribution in [-0.2, 0) is 6.54 Å². The lowest BCUT2D eigenvalue weighted by atomic mass is 10.3. The van der Waals surface area contributed by atoms with Crippen molar-refractivity contribution < 1.29 is 4.52 Å². The fraction of sp³-hybridized carbons (Fsp3) is 0.778. The van der Waals surface area contributed by atoms with Gasteiger partial charge in [0.1, 0.15) is 0 Å². The van der Waals surface area contributed by atoms with Crippen molar-refractivity contribution in [2.24, 2.45) is 0 Å². The lowest BCUT2D eigenvalue weighted by Crippen LogP contribution is -2.18. The van der Waals surface area contributed by atoms with Gasteiger partial charge in [0.15, 0.2) is 5.82 Å². The van der Waals surface area contributed by atoms with Gasteiger partial charge in [-0.1, -0.05) is 12.1 Å². The molecule has 1 heterocycles. The Balaban J connectivity index is 2.58. The smallest absolute Gasteiger partial charge is 0.243 e. The van der Waals surface area contributed by atoms with Crippen LogP contribution in [0.15, 0.2) is 4.52 Å². The van der Waals surface area contributed by atoms with Gasteiger partial charge < -0.3 is 14.7 Å². The second-order valence-electron chi connectivity index (χ2n) is 3.57. The summed E-state index contributed by atoms with van der Waals surface area (Å²) in [6.07, 6.45) is 0. The summed E-state index contributed by atoms with van der Waals surface area (Å²) in [7, 11) is 3.95. The summed E-state index contributed by atoms with van der Waals surface area (Å²) in [4.78, 5) is 6.29. The first kappa shape index (κ1) is 11.1. The molecule has 0 amide bonds. The van der Waals surface area contributed by atoms with Gasteiger partial charge in [-0.05, 0) is 27.6 Å². The first-order valence-electron chi connectivity index (χ1n) is 4.84. The predicted octanol–water partition coefficient (Wildman–Crippen LogP) is 0.802. The SMILES string of the molecule is CCNC(C)c1nc(CN(C)C)no1. The maximum Gasteiger partial charge on any atom is 0.243 e. The maximum absolute atomic E-state index is 5.13. The summed E-state index contributed by atoms with van der Waals surface area (Å²) in [5, 5.41) is 7.11. The van der Waals surface area contributed by atoms with Crippen LogP contribution in [0.25, 0.3) is 0 Å². The normalized spacial score (nSPS) is 13.5. The molecule has 0 saturated carbocycles. The molecule has 14 heavy (non-hydrogen) atoms. The van der Waals surface area contributed by atoms with E-state index in [0.29, 0.717) is 12.4 Å². The summed E-state index contributed by atoms with van der Waals surface area (Å²) >= 11 is 0. The highest BCUT2D eigenvalue weighted by atomic mass is 16.5. The molecule has 1 unspecified atom stereocenters. The molecule has 1 atom stereocenters. The number of aromatic nitrogens is 2. The molecule has 0 bridgehead atoms. The average molecular weight is 198 g/mol. The van der Waals surface area contributed by atoms with Crippen molar-refractivity contribution >= 4 is 0 Å². The van der Waals surface area contributed by atoms with E-state index in [1.165, 1.54) is 0 Å². The van der Waals surface area contributed by atoms with Crippen molar-refractivity contribution in [3.8, 4) is 0 Å². The van der Waals surface area contributed by atoms with Crippen LogP contribution in [0.2, 0.25) is 0 Å². The topological polar surface area (TPSA) is 54.2 Å². The van der Waals surface area contributed by atoms with Crippen molar-refractivity contribution in [3.05, 3.63) is 11.7 Å². The molecule has 1 N–H and O–H groups in total. The van der Waals surface area contributed by atoms with Gasteiger partial charge in [0.05, 0.1) is 12.6 Å². The maximum atomic E-state index is 5.13. The Kier molecular flexibility index (Phi) is 4.03. The van der Waals surface area contributed by atoms with Crippen LogP contribution >= 0.6 is 0 Å². The van der Waals surface area contributed by atoms with Gasteiger partial charge in [-0.3, -0.25) is 0 Å². The van der Waals surface area contributed by atoms with Gasteiger partial charge in [-0.15, -0.1) is 0 Å². The van der Waals surface area contributed by atoms with Crippen molar-refractivity contribution in [2.75, 3.05) is 20.6 Å². The van der Waals surface area contributed by atoms with E-state index in [0.717, 1.165) is 12.4 Å². The van der Waals surface area contributed by atoms with Gasteiger partial charge in [-0.25, -0.2) is 0 Å². The van der Waals surface area contributed by atoms with E-state index in [9.17, 15) is 0 Å². The van der Waals surface area contributed by atoms with Gasteiger partial charge >= 0.3 is 0 Å². The van der Waals surface area contributed by atoms with Crippen LogP contribution in [0.5, 0.6) is 0 Å². The fourth-order valence-corrected chi connectivity index (χ4v) is 1.18. The van der Waals surface area contributed by atoms with Crippen LogP contribution in [0.4, 0.5) is 0 Å². The molecule has 0 aromatic carbocycles. The van der Waals surface area contributed by atoms with Crippen LogP contribution < -0.4 is 5.32 Å². The highest BCUT2D eigenvalue weighted by Crippen LogP contribution is 2.09. The van der Waals surface area contributed by atoms with E-state index in [4.69, 9.17) is 4.52 Å². The molecule has 0 aliphatic carbocycles. The molecule has 0 aliphatic heterocycles. The standard InChI is InChI=1S/C9H18N4O/c1-5-10-7(2)9-11-8(12-14-9)6-13(3)4/h7,10H,5-6H2,1-4H3. The lowest BCUT2D eigenvalue weighted by molar-refractivity contribution is 0.328. The summed E-state index contributed by atoms with van der Waals surface area (Å²) in [5.41, 5.74) is 0. The van der Waals surface area contributed by atoms with E-state index < -0.39 is 0 Å². The quantitative estimate of drug-likeness (QED) is 0.758. The monoisotopic (exact) mass is 198 g/mol. The Labute approximate surface area is 84.5 Å². The molecule has 0 fully saturated rings. The average Bonchev–Trinajstić information content (AvgIpc) is 2.52. The Hall–Kier alpha value is -0.940. The summed E-state index contributed by atoms with van der Waals surface area (Å²) in [5.74, 6) is 1.39. The summed E-state index contributed by atoms with van der Waals surface area (Å²) in [6.45, 7) is 5.67. The lowest BCUT2D eigenvalue weighted by Gasteiger charge is -2.05. The summed E-state index contributed by atoms with van der Waals surface area (Å²) in [6, 6.07) is 0.128. The molecule has 1 aromatic heterocycles. The third-order valence-electron chi connectivity index (χ3n) is 1.82. The second-order valence-corrected chi connectivity index (χ2v) is 3.57. The fourth-order valence-electron chi connectivity index (χ4n) is 1.18. The zero-order valence-corrected chi connectivity index (χ0v) is 9.24. The molecule has 80 valence electrons. The molecule has 5 heteroatoms. The molecule has 0 saturated heterocycles. The molecular formula is C9H18N4O. The Morgan fingerprint density at radius 1 is 1.50 bits per heavy atom. The zero-order chi connectivity index (χ0) is 10.6. The van der Waals surface area contributed by atoms with Gasteiger partial charge in [0, 0.05) is 0 Å². The van der Waals surface area contributed by atoms with E-state index >= 15 is 0 Å².